The fraction of sp³-hybridized carbons (Fsp3) is 0.182. The highest BCUT2D eigenvalue weighted by Gasteiger charge is 2.18. The molecule has 4 aromatic rings. The Morgan fingerprint density at radius 1 is 1.10 bits per heavy atom. The Kier molecular flexibility index (Phi) is 5.68. The molecule has 8 nitrogen and oxygen atoms in total. The average Bonchev–Trinajstić information content (AvgIpc) is 3.37. The summed E-state index contributed by atoms with van der Waals surface area (Å²) in [6, 6.07) is 15.0. The molecule has 0 aliphatic heterocycles. The Bertz CT molecular complexity index is 1250. The van der Waals surface area contributed by atoms with Crippen LogP contribution in [0.25, 0.3) is 16.8 Å². The molecule has 0 spiro atoms. The summed E-state index contributed by atoms with van der Waals surface area (Å²) in [5.41, 5.74) is 9.14. The molecular formula is C22H22N6O2S. The molecule has 1 aromatic carbocycles. The van der Waals surface area contributed by atoms with Crippen molar-refractivity contribution < 1.29 is 9.59 Å². The lowest BCUT2D eigenvalue weighted by Crippen LogP contribution is -2.31. The Hall–Kier alpha value is -3.72. The van der Waals surface area contributed by atoms with E-state index in [1.165, 1.54) is 15.9 Å². The summed E-state index contributed by atoms with van der Waals surface area (Å²) in [7, 11) is 0. The van der Waals surface area contributed by atoms with E-state index in [-0.39, 0.29) is 23.8 Å². The van der Waals surface area contributed by atoms with Crippen molar-refractivity contribution in [3.63, 3.8) is 0 Å². The van der Waals surface area contributed by atoms with Gasteiger partial charge in [-0.25, -0.2) is 4.52 Å². The molecule has 0 aliphatic carbocycles. The van der Waals surface area contributed by atoms with Crippen LogP contribution >= 0.6 is 11.3 Å². The number of amides is 2. The lowest BCUT2D eigenvalue weighted by atomic mass is 10.1. The van der Waals surface area contributed by atoms with E-state index >= 15 is 0 Å². The molecule has 4 rings (SSSR count). The minimum absolute atomic E-state index is 0.0341. The van der Waals surface area contributed by atoms with E-state index in [1.807, 2.05) is 49.6 Å². The predicted octanol–water partition coefficient (Wildman–Crippen LogP) is 3.11. The molecule has 0 radical (unpaired) electrons. The number of carbonyl (C=O) groups is 2. The summed E-state index contributed by atoms with van der Waals surface area (Å²) in [5.74, 6) is -0.337. The highest BCUT2D eigenvalue weighted by Crippen LogP contribution is 2.28. The summed E-state index contributed by atoms with van der Waals surface area (Å²) in [5, 5.41) is 11.8. The lowest BCUT2D eigenvalue weighted by Gasteiger charge is -2.10. The second-order valence-corrected chi connectivity index (χ2v) is 8.28. The van der Waals surface area contributed by atoms with Crippen molar-refractivity contribution in [1.82, 2.24) is 25.2 Å². The maximum absolute atomic E-state index is 12.7. The monoisotopic (exact) mass is 434 g/mol. The van der Waals surface area contributed by atoms with Crippen LogP contribution < -0.4 is 16.4 Å². The molecule has 9 heteroatoms. The van der Waals surface area contributed by atoms with Crippen molar-refractivity contribution in [3.05, 3.63) is 70.0 Å². The van der Waals surface area contributed by atoms with Crippen LogP contribution in [0.4, 0.5) is 5.95 Å². The lowest BCUT2D eigenvalue weighted by molar-refractivity contribution is 0.0932. The molecular weight excluding hydrogens is 412 g/mol. The van der Waals surface area contributed by atoms with Crippen molar-refractivity contribution in [1.29, 1.82) is 0 Å². The van der Waals surface area contributed by atoms with Crippen LogP contribution in [0.15, 0.2) is 53.9 Å². The fourth-order valence-corrected chi connectivity index (χ4v) is 3.97. The van der Waals surface area contributed by atoms with Crippen LogP contribution in [0.5, 0.6) is 0 Å². The smallest absolute Gasteiger partial charge is 0.270 e. The van der Waals surface area contributed by atoms with Gasteiger partial charge < -0.3 is 16.4 Å². The number of nitrogens with one attached hydrogen (secondary N) is 2. The van der Waals surface area contributed by atoms with E-state index < -0.39 is 0 Å². The molecule has 3 heterocycles. The van der Waals surface area contributed by atoms with Crippen LogP contribution in [0.3, 0.4) is 0 Å². The van der Waals surface area contributed by atoms with Gasteiger partial charge in [-0.2, -0.15) is 4.98 Å². The fourth-order valence-electron chi connectivity index (χ4n) is 3.14. The number of thiophene rings is 1. The van der Waals surface area contributed by atoms with E-state index in [2.05, 4.69) is 20.7 Å². The number of pyridine rings is 1. The number of carbonyl (C=O) groups excluding carboxylic acids is 2. The highest BCUT2D eigenvalue weighted by atomic mass is 32.1. The van der Waals surface area contributed by atoms with Crippen LogP contribution in [0.2, 0.25) is 0 Å². The van der Waals surface area contributed by atoms with Gasteiger partial charge in [0.15, 0.2) is 5.65 Å². The average molecular weight is 435 g/mol. The number of rotatable bonds is 6. The molecule has 0 fully saturated rings. The number of anilines is 1. The van der Waals surface area contributed by atoms with E-state index in [0.29, 0.717) is 22.8 Å². The maximum Gasteiger partial charge on any atom is 0.270 e. The second kappa shape index (κ2) is 8.57. The number of hydrogen-bond donors (Lipinski definition) is 3. The normalized spacial score (nSPS) is 11.1. The van der Waals surface area contributed by atoms with Gasteiger partial charge in [-0.3, -0.25) is 9.59 Å². The Morgan fingerprint density at radius 3 is 2.61 bits per heavy atom. The van der Waals surface area contributed by atoms with Gasteiger partial charge >= 0.3 is 0 Å². The Morgan fingerprint density at radius 2 is 1.87 bits per heavy atom. The minimum atomic E-state index is -0.275. The maximum atomic E-state index is 12.7. The van der Waals surface area contributed by atoms with Crippen molar-refractivity contribution >= 4 is 34.7 Å². The first-order valence-corrected chi connectivity index (χ1v) is 10.7. The van der Waals surface area contributed by atoms with Gasteiger partial charge in [0.05, 0.1) is 4.88 Å². The number of benzene rings is 1. The van der Waals surface area contributed by atoms with Crippen molar-refractivity contribution in [3.8, 4) is 11.1 Å². The van der Waals surface area contributed by atoms with Crippen molar-refractivity contribution in [2.45, 2.75) is 26.4 Å². The van der Waals surface area contributed by atoms with Gasteiger partial charge in [0.1, 0.15) is 5.69 Å². The molecule has 3 aromatic heterocycles. The third-order valence-corrected chi connectivity index (χ3v) is 5.49. The molecule has 0 unspecified atom stereocenters. The predicted molar refractivity (Wildman–Crippen MR) is 121 cm³/mol. The van der Waals surface area contributed by atoms with Crippen molar-refractivity contribution in [2.75, 3.05) is 5.73 Å². The summed E-state index contributed by atoms with van der Waals surface area (Å²) in [6.45, 7) is 4.22. The number of nitrogens with zero attached hydrogens (tertiary/aromatic N) is 3. The summed E-state index contributed by atoms with van der Waals surface area (Å²) >= 11 is 1.34. The molecule has 0 bridgehead atoms. The molecule has 0 atom stereocenters. The van der Waals surface area contributed by atoms with Crippen LogP contribution in [0.1, 0.15) is 39.6 Å². The van der Waals surface area contributed by atoms with Gasteiger partial charge in [-0.1, -0.05) is 30.3 Å². The zero-order valence-corrected chi connectivity index (χ0v) is 17.9. The molecule has 0 saturated carbocycles. The first-order valence-electron chi connectivity index (χ1n) is 9.79. The third-order valence-electron chi connectivity index (χ3n) is 4.56. The zero-order valence-electron chi connectivity index (χ0n) is 17.1. The summed E-state index contributed by atoms with van der Waals surface area (Å²) < 4.78 is 1.43. The van der Waals surface area contributed by atoms with Crippen molar-refractivity contribution in [2.24, 2.45) is 0 Å². The van der Waals surface area contributed by atoms with Gasteiger partial charge in [-0.05, 0) is 54.1 Å². The molecule has 4 N–H and O–H groups in total. The van der Waals surface area contributed by atoms with E-state index in [1.54, 1.807) is 18.2 Å². The summed E-state index contributed by atoms with van der Waals surface area (Å²) in [6.07, 6.45) is 0. The summed E-state index contributed by atoms with van der Waals surface area (Å²) in [4.78, 5) is 30.0. The van der Waals surface area contributed by atoms with Gasteiger partial charge in [0.25, 0.3) is 11.8 Å². The highest BCUT2D eigenvalue weighted by molar-refractivity contribution is 7.12. The molecule has 31 heavy (non-hydrogen) atoms. The first kappa shape index (κ1) is 20.5. The zero-order chi connectivity index (χ0) is 22.0. The van der Waals surface area contributed by atoms with Gasteiger partial charge in [0, 0.05) is 12.6 Å². The third kappa shape index (κ3) is 4.56. The topological polar surface area (TPSA) is 114 Å². The van der Waals surface area contributed by atoms with Crippen LogP contribution in [-0.2, 0) is 6.54 Å². The van der Waals surface area contributed by atoms with Crippen LogP contribution in [-0.4, -0.2) is 32.5 Å². The van der Waals surface area contributed by atoms with Crippen LogP contribution in [0, 0.1) is 0 Å². The number of nitrogens with two attached hydrogens (primary N) is 1. The van der Waals surface area contributed by atoms with Gasteiger partial charge in [0.2, 0.25) is 5.95 Å². The van der Waals surface area contributed by atoms with E-state index in [4.69, 9.17) is 5.73 Å². The molecule has 2 amide bonds. The second-order valence-electron chi connectivity index (χ2n) is 7.37. The largest absolute Gasteiger partial charge is 0.366 e. The Balaban J connectivity index is 1.61. The number of hydrogen-bond acceptors (Lipinski definition) is 6. The Labute approximate surface area is 183 Å². The quantitative estimate of drug-likeness (QED) is 0.431. The minimum Gasteiger partial charge on any atom is -0.366 e. The standard InChI is InChI=1S/C22H22N6O2S/c1-13(2)25-20(29)17-8-15(10-19-26-22(23)27-28(17)19)16-9-18(31-12-16)21(30)24-11-14-6-4-3-5-7-14/h3-10,12-13H,11H2,1-2H3,(H2,23,27)(H,24,30)(H,25,29). The molecule has 158 valence electrons. The molecule has 0 aliphatic rings. The SMILES string of the molecule is CC(C)NC(=O)c1cc(-c2csc(C(=O)NCc3ccccc3)c2)cc2nc(N)nn12. The number of nitrogen functional groups attached to an aromatic ring is 1. The van der Waals surface area contributed by atoms with Gasteiger partial charge in [-0.15, -0.1) is 16.4 Å². The van der Waals surface area contributed by atoms with E-state index in [9.17, 15) is 9.59 Å². The number of aromatic nitrogens is 3. The first-order chi connectivity index (χ1) is 14.9. The molecule has 0 saturated heterocycles. The number of fused-ring (bicyclic) bond motifs is 1. The van der Waals surface area contributed by atoms with E-state index in [0.717, 1.165) is 16.7 Å².